The number of rotatable bonds is 7. The lowest BCUT2D eigenvalue weighted by molar-refractivity contribution is -0.116. The van der Waals surface area contributed by atoms with Crippen molar-refractivity contribution in [1.82, 2.24) is 5.32 Å². The molecule has 1 aliphatic heterocycles. The van der Waals surface area contributed by atoms with Crippen LogP contribution < -0.4 is 15.4 Å². The zero-order valence-electron chi connectivity index (χ0n) is 14.0. The van der Waals surface area contributed by atoms with Crippen molar-refractivity contribution in [2.45, 2.75) is 32.3 Å². The number of hydrogen-bond acceptors (Lipinski definition) is 5. The van der Waals surface area contributed by atoms with Crippen LogP contribution in [0.25, 0.3) is 0 Å². The Hall–Kier alpha value is -2.22. The van der Waals surface area contributed by atoms with E-state index in [1.165, 1.54) is 19.2 Å². The van der Waals surface area contributed by atoms with E-state index in [2.05, 4.69) is 20.1 Å². The molecular formula is C17H22F2N2O4. The van der Waals surface area contributed by atoms with Gasteiger partial charge in [-0.3, -0.25) is 4.79 Å². The lowest BCUT2D eigenvalue weighted by Crippen LogP contribution is -2.28. The number of methoxy groups -OCH3 is 1. The fourth-order valence-corrected chi connectivity index (χ4v) is 2.78. The first-order valence-corrected chi connectivity index (χ1v) is 8.17. The van der Waals surface area contributed by atoms with Gasteiger partial charge in [-0.2, -0.15) is 8.78 Å². The third kappa shape index (κ3) is 5.97. The number of piperidine rings is 1. The number of benzene rings is 1. The number of ether oxygens (including phenoxy) is 2. The second kappa shape index (κ2) is 9.31. The average molecular weight is 356 g/mol. The van der Waals surface area contributed by atoms with Crippen LogP contribution in [0, 0.1) is 5.92 Å². The molecule has 25 heavy (non-hydrogen) atoms. The second-order valence-electron chi connectivity index (χ2n) is 5.86. The molecule has 1 amide bonds. The number of esters is 1. The molecule has 1 fully saturated rings. The second-order valence-corrected chi connectivity index (χ2v) is 5.86. The summed E-state index contributed by atoms with van der Waals surface area (Å²) in [6, 6.07) is 3.86. The highest BCUT2D eigenvalue weighted by Crippen LogP contribution is 2.28. The first-order chi connectivity index (χ1) is 12.0. The molecule has 2 N–H and O–H groups in total. The van der Waals surface area contributed by atoms with Crippen molar-refractivity contribution in [1.29, 1.82) is 0 Å². The fourth-order valence-electron chi connectivity index (χ4n) is 2.78. The number of carbonyl (C=O) groups excluding carboxylic acids is 2. The number of halogens is 2. The SMILES string of the molecule is COC(=O)c1ccc(NC(=O)CCC2CCNCC2)c(OC(F)F)c1. The molecule has 0 spiro atoms. The van der Waals surface area contributed by atoms with Crippen LogP contribution in [0.5, 0.6) is 5.75 Å². The summed E-state index contributed by atoms with van der Waals surface area (Å²) >= 11 is 0. The third-order valence-corrected chi connectivity index (χ3v) is 4.13. The van der Waals surface area contributed by atoms with E-state index in [-0.39, 0.29) is 22.9 Å². The maximum absolute atomic E-state index is 12.6. The van der Waals surface area contributed by atoms with E-state index < -0.39 is 12.6 Å². The van der Waals surface area contributed by atoms with E-state index in [0.717, 1.165) is 38.4 Å². The molecule has 0 aromatic heterocycles. The lowest BCUT2D eigenvalue weighted by atomic mass is 9.93. The number of alkyl halides is 2. The normalized spacial score (nSPS) is 15.0. The Kier molecular flexibility index (Phi) is 7.12. The molecule has 138 valence electrons. The van der Waals surface area contributed by atoms with E-state index in [1.54, 1.807) is 0 Å². The Bertz CT molecular complexity index is 604. The van der Waals surface area contributed by atoms with Crippen molar-refractivity contribution in [2.75, 3.05) is 25.5 Å². The predicted molar refractivity (Wildman–Crippen MR) is 87.9 cm³/mol. The van der Waals surface area contributed by atoms with Crippen molar-refractivity contribution in [3.8, 4) is 5.75 Å². The van der Waals surface area contributed by atoms with Crippen LogP contribution in [0.4, 0.5) is 14.5 Å². The molecule has 1 aromatic carbocycles. The summed E-state index contributed by atoms with van der Waals surface area (Å²) in [4.78, 5) is 23.6. The Balaban J connectivity index is 2.00. The molecule has 1 aliphatic rings. The average Bonchev–Trinajstić information content (AvgIpc) is 2.61. The Morgan fingerprint density at radius 3 is 2.68 bits per heavy atom. The van der Waals surface area contributed by atoms with Gasteiger partial charge in [0, 0.05) is 6.42 Å². The van der Waals surface area contributed by atoms with Crippen molar-refractivity contribution in [3.05, 3.63) is 23.8 Å². The monoisotopic (exact) mass is 356 g/mol. The van der Waals surface area contributed by atoms with Gasteiger partial charge in [0.15, 0.2) is 0 Å². The molecule has 8 heteroatoms. The third-order valence-electron chi connectivity index (χ3n) is 4.13. The predicted octanol–water partition coefficient (Wildman–Crippen LogP) is 2.79. The summed E-state index contributed by atoms with van der Waals surface area (Å²) in [5.74, 6) is -0.732. The lowest BCUT2D eigenvalue weighted by Gasteiger charge is -2.22. The van der Waals surface area contributed by atoms with E-state index >= 15 is 0 Å². The Labute approximate surface area is 144 Å². The summed E-state index contributed by atoms with van der Waals surface area (Å²) < 4.78 is 34.1. The first kappa shape index (κ1) is 19.1. The molecule has 0 radical (unpaired) electrons. The Morgan fingerprint density at radius 1 is 1.32 bits per heavy atom. The molecule has 0 aliphatic carbocycles. The van der Waals surface area contributed by atoms with Crippen molar-refractivity contribution >= 4 is 17.6 Å². The number of anilines is 1. The van der Waals surface area contributed by atoms with E-state index in [9.17, 15) is 18.4 Å². The molecule has 0 saturated carbocycles. The summed E-state index contributed by atoms with van der Waals surface area (Å²) in [7, 11) is 1.19. The molecule has 1 saturated heterocycles. The van der Waals surface area contributed by atoms with Crippen LogP contribution in [-0.4, -0.2) is 38.7 Å². The number of nitrogens with one attached hydrogen (secondary N) is 2. The van der Waals surface area contributed by atoms with Gasteiger partial charge in [-0.25, -0.2) is 4.79 Å². The minimum absolute atomic E-state index is 0.0610. The standard InChI is InChI=1S/C17H22F2N2O4/c1-24-16(23)12-3-4-13(14(10-12)25-17(18)19)21-15(22)5-2-11-6-8-20-9-7-11/h3-4,10-11,17,20H,2,5-9H2,1H3,(H,21,22). The van der Waals surface area contributed by atoms with Gasteiger partial charge in [0.2, 0.25) is 5.91 Å². The fraction of sp³-hybridized carbons (Fsp3) is 0.529. The molecule has 1 heterocycles. The molecule has 6 nitrogen and oxygen atoms in total. The quantitative estimate of drug-likeness (QED) is 0.735. The van der Waals surface area contributed by atoms with Crippen LogP contribution in [0.15, 0.2) is 18.2 Å². The summed E-state index contributed by atoms with van der Waals surface area (Å²) in [5, 5.41) is 5.84. The van der Waals surface area contributed by atoms with Gasteiger partial charge in [-0.15, -0.1) is 0 Å². The molecule has 2 rings (SSSR count). The minimum Gasteiger partial charge on any atom is -0.465 e. The highest BCUT2D eigenvalue weighted by Gasteiger charge is 2.18. The molecular weight excluding hydrogens is 334 g/mol. The number of carbonyl (C=O) groups is 2. The van der Waals surface area contributed by atoms with E-state index in [1.807, 2.05) is 0 Å². The van der Waals surface area contributed by atoms with Crippen LogP contribution in [0.1, 0.15) is 36.0 Å². The topological polar surface area (TPSA) is 76.7 Å². The smallest absolute Gasteiger partial charge is 0.387 e. The Morgan fingerprint density at radius 2 is 2.04 bits per heavy atom. The van der Waals surface area contributed by atoms with Gasteiger partial charge in [0.05, 0.1) is 18.4 Å². The van der Waals surface area contributed by atoms with E-state index in [4.69, 9.17) is 0 Å². The van der Waals surface area contributed by atoms with Gasteiger partial charge >= 0.3 is 12.6 Å². The van der Waals surface area contributed by atoms with Crippen LogP contribution >= 0.6 is 0 Å². The number of hydrogen-bond donors (Lipinski definition) is 2. The highest BCUT2D eigenvalue weighted by atomic mass is 19.3. The number of amides is 1. The van der Waals surface area contributed by atoms with Gasteiger partial charge in [0.25, 0.3) is 0 Å². The highest BCUT2D eigenvalue weighted by molar-refractivity contribution is 5.95. The zero-order valence-corrected chi connectivity index (χ0v) is 14.0. The molecule has 0 unspecified atom stereocenters. The summed E-state index contributed by atoms with van der Waals surface area (Å²) in [5.41, 5.74) is 0.161. The van der Waals surface area contributed by atoms with Gasteiger partial charge in [-0.05, 0) is 56.5 Å². The molecule has 0 atom stereocenters. The maximum Gasteiger partial charge on any atom is 0.387 e. The van der Waals surface area contributed by atoms with Crippen LogP contribution in [-0.2, 0) is 9.53 Å². The largest absolute Gasteiger partial charge is 0.465 e. The molecule has 0 bridgehead atoms. The van der Waals surface area contributed by atoms with Gasteiger partial charge in [0.1, 0.15) is 5.75 Å². The van der Waals surface area contributed by atoms with Crippen molar-refractivity contribution in [3.63, 3.8) is 0 Å². The first-order valence-electron chi connectivity index (χ1n) is 8.17. The zero-order chi connectivity index (χ0) is 18.2. The van der Waals surface area contributed by atoms with Gasteiger partial charge < -0.3 is 20.1 Å². The van der Waals surface area contributed by atoms with Crippen molar-refractivity contribution in [2.24, 2.45) is 5.92 Å². The minimum atomic E-state index is -3.07. The van der Waals surface area contributed by atoms with Crippen LogP contribution in [0.2, 0.25) is 0 Å². The van der Waals surface area contributed by atoms with Gasteiger partial charge in [-0.1, -0.05) is 0 Å². The van der Waals surface area contributed by atoms with Crippen LogP contribution in [0.3, 0.4) is 0 Å². The summed E-state index contributed by atoms with van der Waals surface area (Å²) in [6.07, 6.45) is 3.11. The van der Waals surface area contributed by atoms with Crippen molar-refractivity contribution < 1.29 is 27.8 Å². The maximum atomic E-state index is 12.6. The van der Waals surface area contributed by atoms with E-state index in [0.29, 0.717) is 12.3 Å². The summed E-state index contributed by atoms with van der Waals surface area (Å²) in [6.45, 7) is -1.17. The molecule has 1 aromatic rings.